The van der Waals surface area contributed by atoms with Gasteiger partial charge in [0.2, 0.25) is 0 Å². The van der Waals surface area contributed by atoms with Crippen LogP contribution in [0.25, 0.3) is 0 Å². The van der Waals surface area contributed by atoms with Gasteiger partial charge in [-0.2, -0.15) is 0 Å². The van der Waals surface area contributed by atoms with Gasteiger partial charge >= 0.3 is 51.4 Å². The predicted octanol–water partition coefficient (Wildman–Crippen LogP) is -3.60. The maximum absolute atomic E-state index is 9.66. The van der Waals surface area contributed by atoms with E-state index in [2.05, 4.69) is 0 Å². The van der Waals surface area contributed by atoms with Crippen molar-refractivity contribution in [3.05, 3.63) is 0 Å². The zero-order valence-electron chi connectivity index (χ0n) is 4.26. The van der Waals surface area contributed by atoms with Crippen molar-refractivity contribution in [2.45, 2.75) is 0 Å². The first-order valence-electron chi connectivity index (χ1n) is 1.26. The summed E-state index contributed by atoms with van der Waals surface area (Å²) < 4.78 is 19.3. The third-order valence-corrected chi connectivity index (χ3v) is 0. The van der Waals surface area contributed by atoms with Crippen molar-refractivity contribution < 1.29 is 60.1 Å². The zero-order valence-corrected chi connectivity index (χ0v) is 8.28. The molecule has 4 heteroatoms. The van der Waals surface area contributed by atoms with E-state index < -0.39 is 10.2 Å². The largest absolute Gasteiger partial charge is 1.00 e. The second-order valence-electron chi connectivity index (χ2n) is 1.25. The molecule has 0 bridgehead atoms. The molecular weight excluding hydrogens is 127 g/mol. The van der Waals surface area contributed by atoms with Crippen LogP contribution in [-0.4, -0.2) is 21.3 Å². The minimum absolute atomic E-state index is 0. The maximum Gasteiger partial charge on any atom is 1.00 e. The van der Waals surface area contributed by atoms with Gasteiger partial charge < -0.3 is 14.8 Å². The Bertz CT molecular complexity index is 57.7. The predicted molar refractivity (Wildman–Crippen MR) is 22.2 cm³/mol. The average molecular weight is 134 g/mol. The molecule has 0 heterocycles. The SMILES string of the molecule is C[SH](C)(=O)[O-].[K+]. The molecule has 0 aromatic carbocycles. The van der Waals surface area contributed by atoms with E-state index in [0.29, 0.717) is 0 Å². The minimum Gasteiger partial charge on any atom is -0.771 e. The van der Waals surface area contributed by atoms with Crippen LogP contribution >= 0.6 is 0 Å². The molecule has 0 aromatic heterocycles. The van der Waals surface area contributed by atoms with E-state index in [9.17, 15) is 8.76 Å². The van der Waals surface area contributed by atoms with E-state index in [0.717, 1.165) is 0 Å². The van der Waals surface area contributed by atoms with E-state index in [1.165, 1.54) is 12.5 Å². The molecule has 0 saturated heterocycles. The summed E-state index contributed by atoms with van der Waals surface area (Å²) in [6.45, 7) is 0. The second kappa shape index (κ2) is 3.71. The summed E-state index contributed by atoms with van der Waals surface area (Å²) in [5.74, 6) is 0. The summed E-state index contributed by atoms with van der Waals surface area (Å²) in [5, 5.41) is 0. The Balaban J connectivity index is 0. The molecule has 0 amide bonds. The van der Waals surface area contributed by atoms with Gasteiger partial charge in [0, 0.05) is 0 Å². The van der Waals surface area contributed by atoms with Crippen LogP contribution in [0.4, 0.5) is 0 Å². The average Bonchev–Trinajstić information content (AvgIpc) is 0.722. The molecule has 0 spiro atoms. The molecule has 0 fully saturated rings. The fourth-order valence-corrected chi connectivity index (χ4v) is 0. The van der Waals surface area contributed by atoms with E-state index in [-0.39, 0.29) is 51.4 Å². The van der Waals surface area contributed by atoms with Crippen LogP contribution in [0.2, 0.25) is 0 Å². The van der Waals surface area contributed by atoms with E-state index in [1.54, 1.807) is 0 Å². The number of hydrogen-bond acceptors (Lipinski definition) is 2. The van der Waals surface area contributed by atoms with Crippen molar-refractivity contribution >= 4 is 10.2 Å². The van der Waals surface area contributed by atoms with Crippen LogP contribution in [0.5, 0.6) is 0 Å². The normalized spacial score (nSPS) is 12.5. The Kier molecular flexibility index (Phi) is 6.61. The van der Waals surface area contributed by atoms with Crippen LogP contribution in [0, 0.1) is 0 Å². The molecule has 0 aromatic rings. The molecular formula is C2H7KO2S. The minimum atomic E-state index is -2.89. The van der Waals surface area contributed by atoms with E-state index in [1.807, 2.05) is 0 Å². The van der Waals surface area contributed by atoms with Gasteiger partial charge in [0.15, 0.2) is 0 Å². The molecule has 0 saturated carbocycles. The van der Waals surface area contributed by atoms with Gasteiger partial charge in [-0.3, -0.25) is 0 Å². The van der Waals surface area contributed by atoms with E-state index in [4.69, 9.17) is 0 Å². The maximum atomic E-state index is 9.66. The monoisotopic (exact) mass is 134 g/mol. The zero-order chi connectivity index (χ0) is 4.50. The van der Waals surface area contributed by atoms with Crippen molar-refractivity contribution in [3.63, 3.8) is 0 Å². The smallest absolute Gasteiger partial charge is 0.771 e. The third kappa shape index (κ3) is 42.4. The molecule has 0 rings (SSSR count). The van der Waals surface area contributed by atoms with Gasteiger partial charge in [0.1, 0.15) is 0 Å². The third-order valence-electron chi connectivity index (χ3n) is 0. The Morgan fingerprint density at radius 2 is 1.50 bits per heavy atom. The van der Waals surface area contributed by atoms with Gasteiger partial charge in [-0.05, 0) is 12.5 Å². The molecule has 0 aliphatic heterocycles. The fraction of sp³-hybridized carbons (Fsp3) is 1.00. The van der Waals surface area contributed by atoms with Crippen LogP contribution in [-0.2, 0) is 10.2 Å². The summed E-state index contributed by atoms with van der Waals surface area (Å²) in [7, 11) is -2.89. The molecule has 34 valence electrons. The summed E-state index contributed by atoms with van der Waals surface area (Å²) in [6.07, 6.45) is 2.38. The Hall–Kier alpha value is 1.75. The molecule has 0 aliphatic rings. The molecule has 0 aliphatic carbocycles. The van der Waals surface area contributed by atoms with Gasteiger partial charge in [0.05, 0.1) is 0 Å². The van der Waals surface area contributed by atoms with Crippen molar-refractivity contribution in [1.29, 1.82) is 0 Å². The van der Waals surface area contributed by atoms with Crippen molar-refractivity contribution in [1.82, 2.24) is 0 Å². The van der Waals surface area contributed by atoms with Crippen LogP contribution in [0.3, 0.4) is 0 Å². The fourth-order valence-electron chi connectivity index (χ4n) is 0. The molecule has 0 N–H and O–H groups in total. The summed E-state index contributed by atoms with van der Waals surface area (Å²) in [5.41, 5.74) is 0. The number of sulfone groups is 1. The number of thiol groups is 1. The van der Waals surface area contributed by atoms with Gasteiger partial charge in [-0.1, -0.05) is 0 Å². The molecule has 0 atom stereocenters. The topological polar surface area (TPSA) is 40.1 Å². The molecule has 0 unspecified atom stereocenters. The standard InChI is InChI=1S/C2H8O2S.K/c1-5(2,3)4;/h5H,1-2H3,(H,3,4);/q;+1/p-1. The quantitative estimate of drug-likeness (QED) is 0.275. The first-order valence-corrected chi connectivity index (χ1v) is 3.78. The summed E-state index contributed by atoms with van der Waals surface area (Å²) >= 11 is 0. The van der Waals surface area contributed by atoms with Crippen LogP contribution in [0.1, 0.15) is 0 Å². The Morgan fingerprint density at radius 3 is 1.50 bits per heavy atom. The van der Waals surface area contributed by atoms with Crippen LogP contribution < -0.4 is 51.4 Å². The van der Waals surface area contributed by atoms with Crippen LogP contribution in [0.15, 0.2) is 0 Å². The van der Waals surface area contributed by atoms with Crippen molar-refractivity contribution in [2.24, 2.45) is 0 Å². The van der Waals surface area contributed by atoms with E-state index >= 15 is 0 Å². The summed E-state index contributed by atoms with van der Waals surface area (Å²) in [4.78, 5) is 0. The molecule has 6 heavy (non-hydrogen) atoms. The Morgan fingerprint density at radius 1 is 1.50 bits per heavy atom. The van der Waals surface area contributed by atoms with Gasteiger partial charge in [0.25, 0.3) is 0 Å². The van der Waals surface area contributed by atoms with Crippen molar-refractivity contribution in [3.8, 4) is 0 Å². The van der Waals surface area contributed by atoms with Crippen molar-refractivity contribution in [2.75, 3.05) is 12.5 Å². The molecule has 2 nitrogen and oxygen atoms in total. The van der Waals surface area contributed by atoms with Gasteiger partial charge in [-0.25, -0.2) is 4.21 Å². The Labute approximate surface area is 81.4 Å². The van der Waals surface area contributed by atoms with Gasteiger partial charge in [-0.15, -0.1) is 0 Å². The number of rotatable bonds is 0. The molecule has 0 radical (unpaired) electrons. The first-order chi connectivity index (χ1) is 2.00. The number of hydrogen-bond donors (Lipinski definition) is 1. The summed E-state index contributed by atoms with van der Waals surface area (Å²) in [6, 6.07) is 0. The second-order valence-corrected chi connectivity index (χ2v) is 3.76. The first kappa shape index (κ1) is 10.7.